The highest BCUT2D eigenvalue weighted by Crippen LogP contribution is 2.36. The zero-order valence-electron chi connectivity index (χ0n) is 15.2. The van der Waals surface area contributed by atoms with Gasteiger partial charge in [-0.1, -0.05) is 18.5 Å². The molecular weight excluding hydrogens is 380 g/mol. The molecule has 0 radical (unpaired) electrons. The van der Waals surface area contributed by atoms with Gasteiger partial charge in [-0.3, -0.25) is 9.59 Å². The Morgan fingerprint density at radius 1 is 1.19 bits per heavy atom. The first kappa shape index (κ1) is 22.2. The number of ether oxygens (including phenoxy) is 2. The lowest BCUT2D eigenvalue weighted by molar-refractivity contribution is -0.120. The number of sulfone groups is 1. The summed E-state index contributed by atoms with van der Waals surface area (Å²) in [5.74, 6) is -1.99. The molecule has 6 nitrogen and oxygen atoms in total. The van der Waals surface area contributed by atoms with Crippen molar-refractivity contribution in [1.82, 2.24) is 0 Å². The van der Waals surface area contributed by atoms with Crippen molar-refractivity contribution in [3.63, 3.8) is 0 Å². The quantitative estimate of drug-likeness (QED) is 0.338. The summed E-state index contributed by atoms with van der Waals surface area (Å²) in [6.07, 6.45) is 3.86. The number of allylic oxidation sites excluding steroid dienone is 1. The molecule has 0 spiro atoms. The molecule has 1 aromatic rings. The second-order valence-electron chi connectivity index (χ2n) is 5.41. The van der Waals surface area contributed by atoms with Crippen molar-refractivity contribution in [3.05, 3.63) is 35.1 Å². The van der Waals surface area contributed by atoms with Gasteiger partial charge in [-0.2, -0.15) is 0 Å². The van der Waals surface area contributed by atoms with E-state index in [1.54, 1.807) is 20.8 Å². The second-order valence-corrected chi connectivity index (χ2v) is 7.77. The van der Waals surface area contributed by atoms with E-state index >= 15 is 0 Å². The standard InChI is InChI=1S/C18H23ClO6S/c1-5-14(20)12(10-11-24-6-2)17(21)13-8-9-15(26(4,22)23)18(16(13)19)25-7-3/h8-12H,5-7H2,1-4H3/b11-10+. The summed E-state index contributed by atoms with van der Waals surface area (Å²) in [5.41, 5.74) is 0.0236. The van der Waals surface area contributed by atoms with Crippen molar-refractivity contribution in [2.45, 2.75) is 32.1 Å². The molecule has 0 bridgehead atoms. The van der Waals surface area contributed by atoms with Crippen molar-refractivity contribution in [2.24, 2.45) is 5.92 Å². The number of benzene rings is 1. The van der Waals surface area contributed by atoms with E-state index in [1.807, 2.05) is 0 Å². The van der Waals surface area contributed by atoms with Crippen molar-refractivity contribution in [1.29, 1.82) is 0 Å². The first-order valence-corrected chi connectivity index (χ1v) is 10.5. The van der Waals surface area contributed by atoms with Crippen LogP contribution < -0.4 is 4.74 Å². The van der Waals surface area contributed by atoms with E-state index < -0.39 is 21.5 Å². The fourth-order valence-electron chi connectivity index (χ4n) is 2.26. The maximum atomic E-state index is 12.9. The highest BCUT2D eigenvalue weighted by Gasteiger charge is 2.29. The van der Waals surface area contributed by atoms with Gasteiger partial charge < -0.3 is 9.47 Å². The summed E-state index contributed by atoms with van der Waals surface area (Å²) in [6, 6.07) is 2.56. The van der Waals surface area contributed by atoms with Crippen LogP contribution in [0.5, 0.6) is 5.75 Å². The summed E-state index contributed by atoms with van der Waals surface area (Å²) >= 11 is 6.27. The minimum Gasteiger partial charge on any atom is -0.502 e. The summed E-state index contributed by atoms with van der Waals surface area (Å²) in [7, 11) is -3.60. The van der Waals surface area contributed by atoms with Crippen molar-refractivity contribution in [2.75, 3.05) is 19.5 Å². The molecule has 0 aliphatic rings. The van der Waals surface area contributed by atoms with Crippen LogP contribution in [-0.4, -0.2) is 39.5 Å². The average molecular weight is 403 g/mol. The Bertz CT molecular complexity index is 798. The minimum atomic E-state index is -3.60. The molecule has 0 saturated carbocycles. The predicted octanol–water partition coefficient (Wildman–Crippen LogP) is 3.47. The third-order valence-corrected chi connectivity index (χ3v) is 5.02. The Hall–Kier alpha value is -1.86. The maximum absolute atomic E-state index is 12.9. The Morgan fingerprint density at radius 2 is 1.85 bits per heavy atom. The molecule has 0 aliphatic heterocycles. The van der Waals surface area contributed by atoms with E-state index in [0.29, 0.717) is 6.61 Å². The average Bonchev–Trinajstić information content (AvgIpc) is 2.58. The zero-order valence-corrected chi connectivity index (χ0v) is 16.8. The van der Waals surface area contributed by atoms with Gasteiger partial charge in [0.2, 0.25) is 0 Å². The van der Waals surface area contributed by atoms with Gasteiger partial charge >= 0.3 is 0 Å². The third kappa shape index (κ3) is 5.32. The van der Waals surface area contributed by atoms with Gasteiger partial charge in [0.05, 0.1) is 24.5 Å². The molecule has 0 saturated heterocycles. The molecule has 1 unspecified atom stereocenters. The lowest BCUT2D eigenvalue weighted by Crippen LogP contribution is -2.22. The van der Waals surface area contributed by atoms with Crippen LogP contribution in [0, 0.1) is 5.92 Å². The van der Waals surface area contributed by atoms with Gasteiger partial charge in [0, 0.05) is 18.2 Å². The molecule has 0 fully saturated rings. The van der Waals surface area contributed by atoms with Crippen LogP contribution in [0.1, 0.15) is 37.6 Å². The molecule has 1 atom stereocenters. The van der Waals surface area contributed by atoms with Crippen molar-refractivity contribution < 1.29 is 27.5 Å². The number of carbonyl (C=O) groups is 2. The SMILES string of the molecule is CCO/C=C/C(C(=O)CC)C(=O)c1ccc(S(C)(=O)=O)c(OCC)c1Cl. The number of rotatable bonds is 10. The number of carbonyl (C=O) groups excluding carboxylic acids is 2. The third-order valence-electron chi connectivity index (χ3n) is 3.53. The first-order chi connectivity index (χ1) is 12.2. The van der Waals surface area contributed by atoms with E-state index in [-0.39, 0.29) is 40.0 Å². The molecule has 0 N–H and O–H groups in total. The fourth-order valence-corrected chi connectivity index (χ4v) is 3.44. The largest absolute Gasteiger partial charge is 0.502 e. The normalized spacial score (nSPS) is 12.8. The number of hydrogen-bond acceptors (Lipinski definition) is 6. The summed E-state index contributed by atoms with van der Waals surface area (Å²) in [5, 5.41) is -0.126. The molecule has 0 aliphatic carbocycles. The van der Waals surface area contributed by atoms with Crippen LogP contribution >= 0.6 is 11.6 Å². The van der Waals surface area contributed by atoms with Gasteiger partial charge in [-0.15, -0.1) is 0 Å². The van der Waals surface area contributed by atoms with Gasteiger partial charge in [0.25, 0.3) is 0 Å². The smallest absolute Gasteiger partial charge is 0.179 e. The van der Waals surface area contributed by atoms with Crippen molar-refractivity contribution >= 4 is 33.0 Å². The van der Waals surface area contributed by atoms with Crippen LogP contribution in [0.15, 0.2) is 29.4 Å². The van der Waals surface area contributed by atoms with Crippen LogP contribution in [0.25, 0.3) is 0 Å². The highest BCUT2D eigenvalue weighted by atomic mass is 35.5. The number of ketones is 2. The van der Waals surface area contributed by atoms with Crippen LogP contribution in [0.2, 0.25) is 5.02 Å². The Balaban J connectivity index is 3.46. The van der Waals surface area contributed by atoms with E-state index in [0.717, 1.165) is 6.26 Å². The molecule has 144 valence electrons. The lowest BCUT2D eigenvalue weighted by atomic mass is 9.92. The van der Waals surface area contributed by atoms with Gasteiger partial charge in [0.1, 0.15) is 16.6 Å². The number of Topliss-reactive ketones (excluding diaryl/α,β-unsaturated/α-hetero) is 2. The first-order valence-electron chi connectivity index (χ1n) is 8.19. The van der Waals surface area contributed by atoms with E-state index in [9.17, 15) is 18.0 Å². The van der Waals surface area contributed by atoms with Crippen LogP contribution in [0.4, 0.5) is 0 Å². The molecule has 0 heterocycles. The monoisotopic (exact) mass is 402 g/mol. The van der Waals surface area contributed by atoms with Crippen LogP contribution in [-0.2, 0) is 19.4 Å². The van der Waals surface area contributed by atoms with Gasteiger partial charge in [-0.05, 0) is 32.1 Å². The molecule has 26 heavy (non-hydrogen) atoms. The highest BCUT2D eigenvalue weighted by molar-refractivity contribution is 7.90. The van der Waals surface area contributed by atoms with Gasteiger partial charge in [0.15, 0.2) is 21.4 Å². The molecule has 0 aromatic heterocycles. The lowest BCUT2D eigenvalue weighted by Gasteiger charge is -2.16. The number of hydrogen-bond donors (Lipinski definition) is 0. The number of halogens is 1. The van der Waals surface area contributed by atoms with E-state index in [2.05, 4.69) is 0 Å². The Kier molecular flexibility index (Phi) is 8.30. The molecule has 0 amide bonds. The maximum Gasteiger partial charge on any atom is 0.179 e. The van der Waals surface area contributed by atoms with Crippen LogP contribution in [0.3, 0.4) is 0 Å². The Labute approximate surface area is 159 Å². The molecule has 1 aromatic carbocycles. The fraction of sp³-hybridized carbons (Fsp3) is 0.444. The zero-order chi connectivity index (χ0) is 19.9. The molecule has 8 heteroatoms. The predicted molar refractivity (Wildman–Crippen MR) is 99.6 cm³/mol. The van der Waals surface area contributed by atoms with Crippen molar-refractivity contribution in [3.8, 4) is 5.75 Å². The Morgan fingerprint density at radius 3 is 2.35 bits per heavy atom. The summed E-state index contributed by atoms with van der Waals surface area (Å²) < 4.78 is 34.3. The van der Waals surface area contributed by atoms with Gasteiger partial charge in [-0.25, -0.2) is 8.42 Å². The van der Waals surface area contributed by atoms with E-state index in [1.165, 1.54) is 24.5 Å². The topological polar surface area (TPSA) is 86.7 Å². The minimum absolute atomic E-state index is 0.0236. The molecule has 1 rings (SSSR count). The van der Waals surface area contributed by atoms with E-state index in [4.69, 9.17) is 21.1 Å². The summed E-state index contributed by atoms with van der Waals surface area (Å²) in [6.45, 7) is 5.66. The second kappa shape index (κ2) is 9.73. The summed E-state index contributed by atoms with van der Waals surface area (Å²) in [4.78, 5) is 24.9. The molecular formula is C18H23ClO6S.